The van der Waals surface area contributed by atoms with Gasteiger partial charge in [0.1, 0.15) is 11.3 Å². The van der Waals surface area contributed by atoms with Crippen LogP contribution in [-0.4, -0.2) is 48.6 Å². The summed E-state index contributed by atoms with van der Waals surface area (Å²) in [6.07, 6.45) is 0. The number of thiazole rings is 1. The van der Waals surface area contributed by atoms with Crippen molar-refractivity contribution in [3.8, 4) is 5.75 Å². The van der Waals surface area contributed by atoms with Gasteiger partial charge < -0.3 is 19.0 Å². The molecule has 1 aliphatic rings. The van der Waals surface area contributed by atoms with E-state index >= 15 is 0 Å². The zero-order chi connectivity index (χ0) is 21.5. The summed E-state index contributed by atoms with van der Waals surface area (Å²) in [6, 6.07) is 9.42. The van der Waals surface area contributed by atoms with Crippen LogP contribution in [0.5, 0.6) is 5.75 Å². The van der Waals surface area contributed by atoms with Gasteiger partial charge in [-0.15, -0.1) is 0 Å². The maximum atomic E-state index is 14.0. The van der Waals surface area contributed by atoms with Crippen molar-refractivity contribution in [2.45, 2.75) is 6.92 Å². The summed E-state index contributed by atoms with van der Waals surface area (Å²) in [7, 11) is 0. The largest absolute Gasteiger partial charge is 0.490 e. The van der Waals surface area contributed by atoms with E-state index in [1.165, 1.54) is 17.4 Å². The van der Waals surface area contributed by atoms with Crippen LogP contribution in [0.3, 0.4) is 0 Å². The highest BCUT2D eigenvalue weighted by Gasteiger charge is 2.27. The average Bonchev–Trinajstić information content (AvgIpc) is 3.39. The summed E-state index contributed by atoms with van der Waals surface area (Å²) < 4.78 is 39.3. The minimum Gasteiger partial charge on any atom is -0.490 e. The molecule has 0 spiro atoms. The Labute approximate surface area is 180 Å². The van der Waals surface area contributed by atoms with Gasteiger partial charge in [-0.25, -0.2) is 13.8 Å². The predicted octanol–water partition coefficient (Wildman–Crippen LogP) is 4.68. The number of hydrogen-bond acceptors (Lipinski definition) is 6. The van der Waals surface area contributed by atoms with Crippen LogP contribution in [0.1, 0.15) is 17.5 Å². The molecule has 3 heterocycles. The first-order chi connectivity index (χ1) is 15.0. The predicted molar refractivity (Wildman–Crippen MR) is 115 cm³/mol. The number of benzene rings is 2. The molecule has 0 radical (unpaired) electrons. The van der Waals surface area contributed by atoms with Gasteiger partial charge in [-0.1, -0.05) is 23.5 Å². The van der Waals surface area contributed by atoms with Crippen LogP contribution in [0, 0.1) is 11.6 Å². The van der Waals surface area contributed by atoms with Crippen molar-refractivity contribution in [1.82, 2.24) is 9.88 Å². The monoisotopic (exact) mass is 443 g/mol. The minimum absolute atomic E-state index is 0.173. The Balaban J connectivity index is 1.31. The zero-order valence-corrected chi connectivity index (χ0v) is 17.5. The van der Waals surface area contributed by atoms with Crippen LogP contribution in [0.4, 0.5) is 13.9 Å². The molecule has 9 heteroatoms. The second-order valence-corrected chi connectivity index (χ2v) is 8.24. The van der Waals surface area contributed by atoms with Crippen molar-refractivity contribution < 1.29 is 22.7 Å². The first-order valence-electron chi connectivity index (χ1n) is 9.98. The SMILES string of the molecule is CCOc1cccc2cc(C(=O)N3CCN(c4nc5c(F)cc(F)cc5s4)CC3)oc12. The van der Waals surface area contributed by atoms with Crippen molar-refractivity contribution >= 4 is 43.6 Å². The Morgan fingerprint density at radius 2 is 2.00 bits per heavy atom. The molecule has 0 bridgehead atoms. The van der Waals surface area contributed by atoms with Crippen molar-refractivity contribution in [3.63, 3.8) is 0 Å². The lowest BCUT2D eigenvalue weighted by molar-refractivity contribution is 0.0717. The van der Waals surface area contributed by atoms with Gasteiger partial charge >= 0.3 is 0 Å². The van der Waals surface area contributed by atoms with E-state index in [0.29, 0.717) is 53.9 Å². The number of piperazine rings is 1. The number of para-hydroxylation sites is 1. The van der Waals surface area contributed by atoms with Crippen LogP contribution in [0.15, 0.2) is 40.8 Å². The number of carbonyl (C=O) groups is 1. The van der Waals surface area contributed by atoms with Gasteiger partial charge in [-0.05, 0) is 25.1 Å². The summed E-state index contributed by atoms with van der Waals surface area (Å²) in [6.45, 7) is 4.43. The van der Waals surface area contributed by atoms with E-state index in [1.807, 2.05) is 30.0 Å². The lowest BCUT2D eigenvalue weighted by Crippen LogP contribution is -2.48. The number of amides is 1. The van der Waals surface area contributed by atoms with Crippen molar-refractivity contribution in [2.24, 2.45) is 0 Å². The van der Waals surface area contributed by atoms with Crippen molar-refractivity contribution in [2.75, 3.05) is 37.7 Å². The molecule has 0 aliphatic carbocycles. The van der Waals surface area contributed by atoms with Crippen LogP contribution in [-0.2, 0) is 0 Å². The molecule has 31 heavy (non-hydrogen) atoms. The summed E-state index contributed by atoms with van der Waals surface area (Å²) in [4.78, 5) is 21.0. The van der Waals surface area contributed by atoms with Crippen LogP contribution in [0.25, 0.3) is 21.2 Å². The molecule has 0 unspecified atom stereocenters. The summed E-state index contributed by atoms with van der Waals surface area (Å²) >= 11 is 1.25. The van der Waals surface area contributed by atoms with Gasteiger partial charge in [0.15, 0.2) is 28.0 Å². The summed E-state index contributed by atoms with van der Waals surface area (Å²) in [5.41, 5.74) is 0.738. The summed E-state index contributed by atoms with van der Waals surface area (Å²) in [5, 5.41) is 1.44. The van der Waals surface area contributed by atoms with Crippen LogP contribution >= 0.6 is 11.3 Å². The molecular formula is C22H19F2N3O3S. The Bertz CT molecular complexity index is 1280. The first-order valence-corrected chi connectivity index (χ1v) is 10.8. The molecule has 1 aliphatic heterocycles. The van der Waals surface area contributed by atoms with E-state index in [0.717, 1.165) is 11.5 Å². The second-order valence-electron chi connectivity index (χ2n) is 7.23. The molecule has 5 rings (SSSR count). The van der Waals surface area contributed by atoms with Gasteiger partial charge in [0, 0.05) is 37.6 Å². The molecule has 0 atom stereocenters. The van der Waals surface area contributed by atoms with Crippen molar-refractivity contribution in [1.29, 1.82) is 0 Å². The Kier molecular flexibility index (Phi) is 4.97. The molecule has 0 saturated carbocycles. The van der Waals surface area contributed by atoms with E-state index in [1.54, 1.807) is 11.0 Å². The minimum atomic E-state index is -0.664. The molecule has 1 amide bonds. The van der Waals surface area contributed by atoms with Gasteiger partial charge in [0.05, 0.1) is 11.3 Å². The Morgan fingerprint density at radius 1 is 1.19 bits per heavy atom. The number of rotatable bonds is 4. The number of aromatic nitrogens is 1. The fraction of sp³-hybridized carbons (Fsp3) is 0.273. The number of carbonyl (C=O) groups excluding carboxylic acids is 1. The molecule has 160 valence electrons. The number of fused-ring (bicyclic) bond motifs is 2. The maximum Gasteiger partial charge on any atom is 0.289 e. The number of nitrogens with zero attached hydrogens (tertiary/aromatic N) is 3. The quantitative estimate of drug-likeness (QED) is 0.458. The van der Waals surface area contributed by atoms with E-state index in [2.05, 4.69) is 4.98 Å². The highest BCUT2D eigenvalue weighted by atomic mass is 32.1. The fourth-order valence-corrected chi connectivity index (χ4v) is 4.80. The Morgan fingerprint density at radius 3 is 2.77 bits per heavy atom. The Hall–Kier alpha value is -3.20. The molecule has 2 aromatic heterocycles. The molecule has 1 fully saturated rings. The van der Waals surface area contributed by atoms with Crippen LogP contribution in [0.2, 0.25) is 0 Å². The third-order valence-corrected chi connectivity index (χ3v) is 6.32. The third-order valence-electron chi connectivity index (χ3n) is 5.26. The number of furan rings is 1. The average molecular weight is 443 g/mol. The number of halogens is 2. The molecule has 0 N–H and O–H groups in total. The third kappa shape index (κ3) is 3.59. The number of anilines is 1. The number of hydrogen-bond donors (Lipinski definition) is 0. The molecule has 4 aromatic rings. The standard InChI is InChI=1S/C22H19F2N3O3S/c1-2-29-16-5-3-4-13-10-17(30-20(13)16)21(28)26-6-8-27(9-7-26)22-25-19-15(24)11-14(23)12-18(19)31-22/h3-5,10-12H,2,6-9H2,1H3. The van der Waals surface area contributed by atoms with Gasteiger partial charge in [-0.3, -0.25) is 4.79 Å². The molecule has 2 aromatic carbocycles. The van der Waals surface area contributed by atoms with Crippen LogP contribution < -0.4 is 9.64 Å². The van der Waals surface area contributed by atoms with E-state index in [4.69, 9.17) is 9.15 Å². The fourth-order valence-electron chi connectivity index (χ4n) is 3.75. The maximum absolute atomic E-state index is 14.0. The summed E-state index contributed by atoms with van der Waals surface area (Å²) in [5.74, 6) is -0.580. The normalized spacial score (nSPS) is 14.5. The molecule has 6 nitrogen and oxygen atoms in total. The lowest BCUT2D eigenvalue weighted by atomic mass is 10.2. The smallest absolute Gasteiger partial charge is 0.289 e. The molecular weight excluding hydrogens is 424 g/mol. The molecule has 1 saturated heterocycles. The van der Waals surface area contributed by atoms with E-state index in [9.17, 15) is 13.6 Å². The number of ether oxygens (including phenoxy) is 1. The second kappa shape index (κ2) is 7.81. The van der Waals surface area contributed by atoms with Gasteiger partial charge in [-0.2, -0.15) is 0 Å². The highest BCUT2D eigenvalue weighted by molar-refractivity contribution is 7.22. The van der Waals surface area contributed by atoms with Gasteiger partial charge in [0.2, 0.25) is 0 Å². The van der Waals surface area contributed by atoms with E-state index in [-0.39, 0.29) is 17.2 Å². The van der Waals surface area contributed by atoms with Gasteiger partial charge in [0.25, 0.3) is 5.91 Å². The lowest BCUT2D eigenvalue weighted by Gasteiger charge is -2.34. The van der Waals surface area contributed by atoms with E-state index < -0.39 is 11.6 Å². The highest BCUT2D eigenvalue weighted by Crippen LogP contribution is 2.32. The topological polar surface area (TPSA) is 58.8 Å². The first kappa shape index (κ1) is 19.7. The van der Waals surface area contributed by atoms with Crippen molar-refractivity contribution in [3.05, 3.63) is 53.8 Å². The zero-order valence-electron chi connectivity index (χ0n) is 16.7.